The van der Waals surface area contributed by atoms with Crippen LogP contribution in [0.25, 0.3) is 0 Å². The highest BCUT2D eigenvalue weighted by atomic mass is 32.2. The summed E-state index contributed by atoms with van der Waals surface area (Å²) in [6, 6.07) is 4.74. The molecule has 7 nitrogen and oxygen atoms in total. The van der Waals surface area contributed by atoms with Crippen molar-refractivity contribution in [2.75, 3.05) is 19.8 Å². The van der Waals surface area contributed by atoms with Gasteiger partial charge in [0.25, 0.3) is 0 Å². The van der Waals surface area contributed by atoms with Gasteiger partial charge in [-0.05, 0) is 12.1 Å². The molecule has 1 N–H and O–H groups in total. The van der Waals surface area contributed by atoms with Crippen molar-refractivity contribution in [3.05, 3.63) is 35.9 Å². The Bertz CT molecular complexity index is 815. The number of aromatic nitrogens is 2. The first-order chi connectivity index (χ1) is 10.6. The van der Waals surface area contributed by atoms with Crippen molar-refractivity contribution >= 4 is 10.0 Å². The van der Waals surface area contributed by atoms with Crippen LogP contribution in [0.3, 0.4) is 0 Å². The number of nitrogens with zero attached hydrogens (tertiary/aromatic N) is 2. The molecule has 0 saturated carbocycles. The molecule has 0 aliphatic carbocycles. The topological polar surface area (TPSA) is 84.5 Å². The van der Waals surface area contributed by atoms with Gasteiger partial charge in [0.1, 0.15) is 13.2 Å². The minimum Gasteiger partial charge on any atom is -0.486 e. The fraction of sp³-hybridized carbons (Fsp3) is 0.357. The molecular weight excluding hydrogens is 306 g/mol. The molecule has 2 aliphatic rings. The SMILES string of the molecule is O=S(=O)(c1ccc2c(c1)OCCO2)N1CCc2nc[nH]c2C1. The molecule has 4 rings (SSSR count). The van der Waals surface area contributed by atoms with E-state index in [1.165, 1.54) is 10.4 Å². The molecule has 0 saturated heterocycles. The lowest BCUT2D eigenvalue weighted by molar-refractivity contribution is 0.171. The third-order valence-electron chi connectivity index (χ3n) is 3.89. The number of rotatable bonds is 2. The summed E-state index contributed by atoms with van der Waals surface area (Å²) in [5.41, 5.74) is 1.79. The lowest BCUT2D eigenvalue weighted by atomic mass is 10.2. The van der Waals surface area contributed by atoms with Gasteiger partial charge in [0.15, 0.2) is 11.5 Å². The minimum absolute atomic E-state index is 0.222. The van der Waals surface area contributed by atoms with Crippen LogP contribution in [0.1, 0.15) is 11.4 Å². The molecule has 22 heavy (non-hydrogen) atoms. The molecule has 0 spiro atoms. The number of hydrogen-bond acceptors (Lipinski definition) is 5. The number of nitrogens with one attached hydrogen (secondary N) is 1. The first-order valence-corrected chi connectivity index (χ1v) is 8.49. The van der Waals surface area contributed by atoms with E-state index < -0.39 is 10.0 Å². The molecular formula is C14H15N3O4S. The van der Waals surface area contributed by atoms with Gasteiger partial charge in [0.05, 0.1) is 29.2 Å². The van der Waals surface area contributed by atoms with Crippen molar-refractivity contribution in [3.63, 3.8) is 0 Å². The zero-order valence-electron chi connectivity index (χ0n) is 11.8. The highest BCUT2D eigenvalue weighted by molar-refractivity contribution is 7.89. The Kier molecular flexibility index (Phi) is 3.08. The predicted octanol–water partition coefficient (Wildman–Crippen LogP) is 0.928. The fourth-order valence-electron chi connectivity index (χ4n) is 2.73. The van der Waals surface area contributed by atoms with Gasteiger partial charge in [0, 0.05) is 19.0 Å². The molecule has 1 aromatic heterocycles. The van der Waals surface area contributed by atoms with Crippen LogP contribution in [0, 0.1) is 0 Å². The highest BCUT2D eigenvalue weighted by Crippen LogP contribution is 2.33. The van der Waals surface area contributed by atoms with E-state index in [9.17, 15) is 8.42 Å². The molecule has 0 fully saturated rings. The average molecular weight is 321 g/mol. The second kappa shape index (κ2) is 4.99. The fourth-order valence-corrected chi connectivity index (χ4v) is 4.15. The lowest BCUT2D eigenvalue weighted by Crippen LogP contribution is -2.36. The van der Waals surface area contributed by atoms with Gasteiger partial charge in [-0.15, -0.1) is 0 Å². The van der Waals surface area contributed by atoms with E-state index in [1.807, 2.05) is 0 Å². The number of aromatic amines is 1. The Balaban J connectivity index is 1.66. The summed E-state index contributed by atoms with van der Waals surface area (Å²) >= 11 is 0. The first-order valence-electron chi connectivity index (χ1n) is 7.05. The van der Waals surface area contributed by atoms with Gasteiger partial charge in [-0.25, -0.2) is 13.4 Å². The number of imidazole rings is 1. The average Bonchev–Trinajstić information content (AvgIpc) is 3.02. The Labute approximate surface area is 127 Å². The summed E-state index contributed by atoms with van der Waals surface area (Å²) in [4.78, 5) is 7.41. The van der Waals surface area contributed by atoms with Crippen molar-refractivity contribution < 1.29 is 17.9 Å². The van der Waals surface area contributed by atoms with E-state index in [-0.39, 0.29) is 4.90 Å². The van der Waals surface area contributed by atoms with Crippen molar-refractivity contribution in [1.29, 1.82) is 0 Å². The molecule has 0 unspecified atom stereocenters. The zero-order valence-corrected chi connectivity index (χ0v) is 12.6. The van der Waals surface area contributed by atoms with E-state index >= 15 is 0 Å². The Morgan fingerprint density at radius 1 is 1.18 bits per heavy atom. The molecule has 2 aliphatic heterocycles. The van der Waals surface area contributed by atoms with Crippen LogP contribution in [0.2, 0.25) is 0 Å². The van der Waals surface area contributed by atoms with Gasteiger partial charge >= 0.3 is 0 Å². The molecule has 2 aromatic rings. The van der Waals surface area contributed by atoms with Crippen LogP contribution in [-0.2, 0) is 23.0 Å². The summed E-state index contributed by atoms with van der Waals surface area (Å²) < 4.78 is 37.9. The number of benzene rings is 1. The third-order valence-corrected chi connectivity index (χ3v) is 5.73. The smallest absolute Gasteiger partial charge is 0.243 e. The maximum Gasteiger partial charge on any atom is 0.243 e. The molecule has 0 bridgehead atoms. The largest absolute Gasteiger partial charge is 0.486 e. The van der Waals surface area contributed by atoms with Gasteiger partial charge in [-0.2, -0.15) is 4.31 Å². The minimum atomic E-state index is -3.57. The summed E-state index contributed by atoms with van der Waals surface area (Å²) in [6.45, 7) is 1.65. The summed E-state index contributed by atoms with van der Waals surface area (Å²) in [6.07, 6.45) is 2.22. The Morgan fingerprint density at radius 2 is 2.00 bits per heavy atom. The second-order valence-electron chi connectivity index (χ2n) is 5.22. The standard InChI is InChI=1S/C14H15N3O4S/c18-22(19,17-4-3-11-12(8-17)16-9-15-11)10-1-2-13-14(7-10)21-6-5-20-13/h1-2,7,9H,3-6,8H2,(H,15,16). The number of fused-ring (bicyclic) bond motifs is 2. The van der Waals surface area contributed by atoms with E-state index in [2.05, 4.69) is 9.97 Å². The van der Waals surface area contributed by atoms with Gasteiger partial charge < -0.3 is 14.5 Å². The van der Waals surface area contributed by atoms with E-state index in [4.69, 9.17) is 9.47 Å². The van der Waals surface area contributed by atoms with E-state index in [0.717, 1.165) is 11.4 Å². The van der Waals surface area contributed by atoms with Crippen molar-refractivity contribution in [3.8, 4) is 11.5 Å². The third kappa shape index (κ3) is 2.15. The molecule has 0 radical (unpaired) electrons. The monoisotopic (exact) mass is 321 g/mol. The molecule has 8 heteroatoms. The van der Waals surface area contributed by atoms with Crippen LogP contribution in [-0.4, -0.2) is 42.4 Å². The van der Waals surface area contributed by atoms with Gasteiger partial charge in [-0.1, -0.05) is 0 Å². The maximum atomic E-state index is 12.8. The quantitative estimate of drug-likeness (QED) is 0.889. The van der Waals surface area contributed by atoms with Crippen LogP contribution < -0.4 is 9.47 Å². The summed E-state index contributed by atoms with van der Waals surface area (Å²) in [5.74, 6) is 1.06. The number of H-pyrrole nitrogens is 1. The molecule has 1 aromatic carbocycles. The lowest BCUT2D eigenvalue weighted by Gasteiger charge is -2.26. The van der Waals surface area contributed by atoms with Crippen molar-refractivity contribution in [2.45, 2.75) is 17.9 Å². The summed E-state index contributed by atoms with van der Waals surface area (Å²) in [7, 11) is -3.57. The van der Waals surface area contributed by atoms with E-state index in [1.54, 1.807) is 18.5 Å². The maximum absolute atomic E-state index is 12.8. The zero-order chi connectivity index (χ0) is 15.2. The van der Waals surface area contributed by atoms with Crippen LogP contribution in [0.5, 0.6) is 11.5 Å². The summed E-state index contributed by atoms with van der Waals surface area (Å²) in [5, 5.41) is 0. The van der Waals surface area contributed by atoms with Crippen molar-refractivity contribution in [2.24, 2.45) is 0 Å². The Hall–Kier alpha value is -2.06. The second-order valence-corrected chi connectivity index (χ2v) is 7.16. The highest BCUT2D eigenvalue weighted by Gasteiger charge is 2.30. The number of ether oxygens (including phenoxy) is 2. The van der Waals surface area contributed by atoms with Gasteiger partial charge in [0.2, 0.25) is 10.0 Å². The van der Waals surface area contributed by atoms with Crippen LogP contribution in [0.4, 0.5) is 0 Å². The van der Waals surface area contributed by atoms with Crippen molar-refractivity contribution in [1.82, 2.24) is 14.3 Å². The molecule has 0 atom stereocenters. The normalized spacial score (nSPS) is 18.0. The van der Waals surface area contributed by atoms with Gasteiger partial charge in [-0.3, -0.25) is 0 Å². The predicted molar refractivity (Wildman–Crippen MR) is 77.3 cm³/mol. The molecule has 116 valence electrons. The first kappa shape index (κ1) is 13.6. The Morgan fingerprint density at radius 3 is 2.86 bits per heavy atom. The molecule has 3 heterocycles. The number of sulfonamides is 1. The van der Waals surface area contributed by atoms with Crippen LogP contribution >= 0.6 is 0 Å². The van der Waals surface area contributed by atoms with Crippen LogP contribution in [0.15, 0.2) is 29.4 Å². The van der Waals surface area contributed by atoms with E-state index in [0.29, 0.717) is 44.2 Å². The number of hydrogen-bond donors (Lipinski definition) is 1. The molecule has 0 amide bonds.